The molecule has 0 aliphatic rings. The van der Waals surface area contributed by atoms with Gasteiger partial charge in [-0.05, 0) is 39.0 Å². The van der Waals surface area contributed by atoms with Crippen LogP contribution < -0.4 is 16.6 Å². The molecule has 3 heterocycles. The maximum atomic E-state index is 13.8. The summed E-state index contributed by atoms with van der Waals surface area (Å²) in [6, 6.07) is 14.6. The lowest BCUT2D eigenvalue weighted by Crippen LogP contribution is -2.40. The predicted molar refractivity (Wildman–Crippen MR) is 146 cm³/mol. The van der Waals surface area contributed by atoms with E-state index in [-0.39, 0.29) is 30.0 Å². The second-order valence-corrected chi connectivity index (χ2v) is 8.82. The van der Waals surface area contributed by atoms with Gasteiger partial charge in [0.15, 0.2) is 16.9 Å². The molecule has 38 heavy (non-hydrogen) atoms. The molecule has 0 amide bonds. The van der Waals surface area contributed by atoms with Crippen LogP contribution in [0.15, 0.2) is 58.1 Å². The van der Waals surface area contributed by atoms with Crippen LogP contribution in [0.5, 0.6) is 0 Å². The van der Waals surface area contributed by atoms with Gasteiger partial charge in [0.1, 0.15) is 5.82 Å². The Hall–Kier alpha value is -5.04. The van der Waals surface area contributed by atoms with Crippen molar-refractivity contribution >= 4 is 39.5 Å². The molecule has 0 saturated heterocycles. The largest absolute Gasteiger partial charge is 0.332 e. The third kappa shape index (κ3) is 4.24. The van der Waals surface area contributed by atoms with E-state index in [1.165, 1.54) is 11.5 Å². The number of rotatable bonds is 6. The molecule has 0 unspecified atom stereocenters. The summed E-state index contributed by atoms with van der Waals surface area (Å²) in [7, 11) is 1.56. The lowest BCUT2D eigenvalue weighted by atomic mass is 10.1. The summed E-state index contributed by atoms with van der Waals surface area (Å²) < 4.78 is 4.05. The number of nitrogens with zero attached hydrogens (tertiary/aromatic N) is 6. The van der Waals surface area contributed by atoms with Gasteiger partial charge in [0.2, 0.25) is 5.95 Å². The van der Waals surface area contributed by atoms with Crippen molar-refractivity contribution in [1.82, 2.24) is 28.7 Å². The summed E-state index contributed by atoms with van der Waals surface area (Å²) in [5.74, 6) is 6.33. The second kappa shape index (κ2) is 9.78. The van der Waals surface area contributed by atoms with Crippen molar-refractivity contribution in [2.45, 2.75) is 33.9 Å². The minimum atomic E-state index is -0.543. The maximum Gasteiger partial charge on any atom is 0.332 e. The van der Waals surface area contributed by atoms with Crippen molar-refractivity contribution in [2.75, 3.05) is 5.32 Å². The van der Waals surface area contributed by atoms with Gasteiger partial charge in [-0.15, -0.1) is 5.92 Å². The van der Waals surface area contributed by atoms with Gasteiger partial charge in [-0.1, -0.05) is 36.3 Å². The zero-order valence-corrected chi connectivity index (χ0v) is 21.4. The van der Waals surface area contributed by atoms with Crippen molar-refractivity contribution < 1.29 is 4.79 Å². The Morgan fingerprint density at radius 3 is 2.50 bits per heavy atom. The Morgan fingerprint density at radius 1 is 1.00 bits per heavy atom. The van der Waals surface area contributed by atoms with Crippen LogP contribution in [0, 0.1) is 18.8 Å². The van der Waals surface area contributed by atoms with Gasteiger partial charge in [-0.3, -0.25) is 23.3 Å². The monoisotopic (exact) mass is 507 g/mol. The van der Waals surface area contributed by atoms with Crippen molar-refractivity contribution in [1.29, 1.82) is 0 Å². The second-order valence-electron chi connectivity index (χ2n) is 8.82. The zero-order valence-electron chi connectivity index (χ0n) is 21.4. The fourth-order valence-corrected chi connectivity index (χ4v) is 4.45. The number of aromatic nitrogens is 6. The lowest BCUT2D eigenvalue weighted by molar-refractivity contribution is 0.101. The van der Waals surface area contributed by atoms with E-state index in [0.717, 1.165) is 21.2 Å². The molecule has 10 heteroatoms. The number of Topliss-reactive ketones (excluding diaryl/α,β-unsaturated/α-hetero) is 1. The maximum absolute atomic E-state index is 13.8. The van der Waals surface area contributed by atoms with E-state index in [2.05, 4.69) is 32.1 Å². The molecule has 5 rings (SSSR count). The van der Waals surface area contributed by atoms with Gasteiger partial charge >= 0.3 is 5.69 Å². The van der Waals surface area contributed by atoms with E-state index in [1.54, 1.807) is 42.8 Å². The number of nitrogens with one attached hydrogen (secondary N) is 1. The third-order valence-corrected chi connectivity index (χ3v) is 6.34. The van der Waals surface area contributed by atoms with Crippen LogP contribution in [0.1, 0.15) is 35.7 Å². The normalized spacial score (nSPS) is 10.9. The predicted octanol–water partition coefficient (Wildman–Crippen LogP) is 3.17. The van der Waals surface area contributed by atoms with Crippen LogP contribution >= 0.6 is 0 Å². The summed E-state index contributed by atoms with van der Waals surface area (Å²) in [6.45, 7) is 5.09. The van der Waals surface area contributed by atoms with Crippen LogP contribution in [0.3, 0.4) is 0 Å². The van der Waals surface area contributed by atoms with Gasteiger partial charge in [0.05, 0.1) is 24.3 Å². The summed E-state index contributed by atoms with van der Waals surface area (Å²) >= 11 is 0. The van der Waals surface area contributed by atoms with Crippen LogP contribution in [-0.2, 0) is 20.1 Å². The fraction of sp³-hybridized carbons (Fsp3) is 0.214. The van der Waals surface area contributed by atoms with Crippen molar-refractivity contribution in [3.05, 3.63) is 86.5 Å². The molecule has 10 nitrogen and oxygen atoms in total. The highest BCUT2D eigenvalue weighted by Crippen LogP contribution is 2.23. The number of benzene rings is 2. The number of anilines is 2. The Kier molecular flexibility index (Phi) is 6.34. The smallest absolute Gasteiger partial charge is 0.325 e. The molecule has 1 N–H and O–H groups in total. The molecule has 0 fully saturated rings. The molecule has 0 spiro atoms. The molecular weight excluding hydrogens is 482 g/mol. The molecular formula is C28H25N7O3. The first-order valence-electron chi connectivity index (χ1n) is 12.0. The van der Waals surface area contributed by atoms with Crippen molar-refractivity contribution in [3.63, 3.8) is 0 Å². The van der Waals surface area contributed by atoms with E-state index >= 15 is 0 Å². The number of imidazole rings is 1. The van der Waals surface area contributed by atoms with E-state index in [0.29, 0.717) is 23.0 Å². The van der Waals surface area contributed by atoms with Crippen LogP contribution in [-0.4, -0.2) is 34.4 Å². The average Bonchev–Trinajstić information content (AvgIpc) is 3.27. The molecule has 0 atom stereocenters. The van der Waals surface area contributed by atoms with E-state index < -0.39 is 11.2 Å². The van der Waals surface area contributed by atoms with E-state index in [4.69, 9.17) is 0 Å². The summed E-state index contributed by atoms with van der Waals surface area (Å²) in [6.07, 6.45) is 0. The van der Waals surface area contributed by atoms with Gasteiger partial charge < -0.3 is 5.32 Å². The Labute approximate surface area is 217 Å². The summed E-state index contributed by atoms with van der Waals surface area (Å²) in [4.78, 5) is 53.0. The number of para-hydroxylation sites is 2. The van der Waals surface area contributed by atoms with E-state index in [1.807, 2.05) is 31.2 Å². The Balaban J connectivity index is 1.69. The SMILES string of the molecule is CC#CCn1c(Nc2ccccc2C(C)=O)nc2c1c(=O)n(Cc1nc(C)c3ccccc3n1)c(=O)n2C. The highest BCUT2D eigenvalue weighted by atomic mass is 16.2. The quantitative estimate of drug-likeness (QED) is 0.277. The number of fused-ring (bicyclic) bond motifs is 2. The highest BCUT2D eigenvalue weighted by Gasteiger charge is 2.22. The van der Waals surface area contributed by atoms with Crippen molar-refractivity contribution in [3.8, 4) is 11.8 Å². The molecule has 3 aromatic heterocycles. The first kappa shape index (κ1) is 24.6. The molecule has 5 aromatic rings. The molecule has 0 aliphatic carbocycles. The highest BCUT2D eigenvalue weighted by molar-refractivity contribution is 6.00. The van der Waals surface area contributed by atoms with E-state index in [9.17, 15) is 14.4 Å². The van der Waals surface area contributed by atoms with Crippen LogP contribution in [0.25, 0.3) is 22.1 Å². The molecule has 0 radical (unpaired) electrons. The number of ketones is 1. The molecule has 0 saturated carbocycles. The van der Waals surface area contributed by atoms with Crippen LogP contribution in [0.2, 0.25) is 0 Å². The fourth-order valence-electron chi connectivity index (χ4n) is 4.45. The van der Waals surface area contributed by atoms with Crippen LogP contribution in [0.4, 0.5) is 11.6 Å². The molecule has 0 aliphatic heterocycles. The topological polar surface area (TPSA) is 117 Å². The molecule has 190 valence electrons. The molecule has 2 aromatic carbocycles. The number of hydrogen-bond donors (Lipinski definition) is 1. The minimum absolute atomic E-state index is 0.103. The number of aryl methyl sites for hydroxylation is 2. The van der Waals surface area contributed by atoms with Gasteiger partial charge in [0, 0.05) is 23.7 Å². The van der Waals surface area contributed by atoms with Gasteiger partial charge in [-0.2, -0.15) is 4.98 Å². The third-order valence-electron chi connectivity index (χ3n) is 6.34. The Morgan fingerprint density at radius 2 is 1.74 bits per heavy atom. The lowest BCUT2D eigenvalue weighted by Gasteiger charge is -2.11. The number of carbonyl (C=O) groups excluding carboxylic acids is 1. The van der Waals surface area contributed by atoms with Gasteiger partial charge in [-0.25, -0.2) is 14.8 Å². The standard InChI is InChI=1S/C28H25N7O3/c1-5-6-15-34-24-25(32-27(34)31-22-14-10-8-12-20(22)18(3)36)33(4)28(38)35(26(24)37)16-23-29-17(2)19-11-7-9-13-21(19)30-23/h7-14H,15-16H2,1-4H3,(H,31,32). The summed E-state index contributed by atoms with van der Waals surface area (Å²) in [5, 5.41) is 4.07. The average molecular weight is 508 g/mol. The zero-order chi connectivity index (χ0) is 27.0. The molecule has 0 bridgehead atoms. The summed E-state index contributed by atoms with van der Waals surface area (Å²) in [5.41, 5.74) is 1.84. The number of hydrogen-bond acceptors (Lipinski definition) is 7. The first-order valence-corrected chi connectivity index (χ1v) is 12.0. The van der Waals surface area contributed by atoms with Crippen molar-refractivity contribution in [2.24, 2.45) is 7.05 Å². The van der Waals surface area contributed by atoms with Gasteiger partial charge in [0.25, 0.3) is 5.56 Å². The minimum Gasteiger partial charge on any atom is -0.325 e. The Bertz CT molecular complexity index is 1920. The number of carbonyl (C=O) groups is 1. The first-order chi connectivity index (χ1) is 18.3.